The second-order valence-corrected chi connectivity index (χ2v) is 9.20. The number of amides is 3. The van der Waals surface area contributed by atoms with Crippen molar-refractivity contribution in [2.75, 3.05) is 32.7 Å². The third-order valence-corrected chi connectivity index (χ3v) is 6.27. The first kappa shape index (κ1) is 28.4. The minimum absolute atomic E-state index is 0.0178. The van der Waals surface area contributed by atoms with Gasteiger partial charge in [-0.2, -0.15) is 0 Å². The molecule has 2 atom stereocenters. The molecule has 3 N–H and O–H groups in total. The van der Waals surface area contributed by atoms with Crippen molar-refractivity contribution in [3.8, 4) is 0 Å². The lowest BCUT2D eigenvalue weighted by atomic mass is 10.0. The fourth-order valence-electron chi connectivity index (χ4n) is 4.40. The van der Waals surface area contributed by atoms with Gasteiger partial charge in [0.1, 0.15) is 11.6 Å². The van der Waals surface area contributed by atoms with Gasteiger partial charge in [-0.05, 0) is 48.6 Å². The van der Waals surface area contributed by atoms with Crippen LogP contribution in [0.2, 0.25) is 0 Å². The third kappa shape index (κ3) is 8.41. The highest BCUT2D eigenvalue weighted by Gasteiger charge is 2.31. The van der Waals surface area contributed by atoms with E-state index in [-0.39, 0.29) is 56.5 Å². The van der Waals surface area contributed by atoms with Crippen molar-refractivity contribution in [1.29, 1.82) is 0 Å². The number of carbonyl (C=O) groups is 3. The molecule has 0 aromatic heterocycles. The number of benzene rings is 2. The van der Waals surface area contributed by atoms with Gasteiger partial charge in [-0.1, -0.05) is 31.2 Å². The molecule has 1 heterocycles. The van der Waals surface area contributed by atoms with Crippen molar-refractivity contribution < 1.29 is 28.3 Å². The molecule has 200 valence electrons. The van der Waals surface area contributed by atoms with Gasteiger partial charge < -0.3 is 15.7 Å². The number of aryl methyl sites for hydroxylation is 1. The van der Waals surface area contributed by atoms with Crippen LogP contribution in [0.5, 0.6) is 0 Å². The number of hydrogen-bond donors (Lipinski definition) is 3. The molecule has 8 nitrogen and oxygen atoms in total. The lowest BCUT2D eigenvalue weighted by Crippen LogP contribution is -2.57. The van der Waals surface area contributed by atoms with E-state index in [2.05, 4.69) is 23.6 Å². The summed E-state index contributed by atoms with van der Waals surface area (Å²) in [6, 6.07) is 10.2. The molecule has 1 aliphatic rings. The summed E-state index contributed by atoms with van der Waals surface area (Å²) < 4.78 is 27.5. The molecule has 37 heavy (non-hydrogen) atoms. The van der Waals surface area contributed by atoms with Gasteiger partial charge in [0.2, 0.25) is 17.7 Å². The Hall–Kier alpha value is -3.21. The van der Waals surface area contributed by atoms with Crippen molar-refractivity contribution >= 4 is 17.7 Å². The summed E-state index contributed by atoms with van der Waals surface area (Å²) in [5.41, 5.74) is 2.51. The highest BCUT2D eigenvalue weighted by molar-refractivity contribution is 5.99. The number of rotatable bonds is 12. The summed E-state index contributed by atoms with van der Waals surface area (Å²) in [6.45, 7) is 4.26. The van der Waals surface area contributed by atoms with Crippen LogP contribution in [0.15, 0.2) is 42.5 Å². The highest BCUT2D eigenvalue weighted by Crippen LogP contribution is 2.13. The first-order chi connectivity index (χ1) is 17.7. The van der Waals surface area contributed by atoms with E-state index in [1.807, 2.05) is 18.2 Å². The molecular weight excluding hydrogens is 482 g/mol. The molecular formula is C27H34F2N4O4. The van der Waals surface area contributed by atoms with E-state index in [0.29, 0.717) is 6.54 Å². The van der Waals surface area contributed by atoms with Gasteiger partial charge in [0, 0.05) is 25.7 Å². The van der Waals surface area contributed by atoms with Crippen molar-refractivity contribution in [2.24, 2.45) is 0 Å². The van der Waals surface area contributed by atoms with Crippen LogP contribution in [0.3, 0.4) is 0 Å². The Morgan fingerprint density at radius 3 is 2.27 bits per heavy atom. The van der Waals surface area contributed by atoms with Crippen LogP contribution in [-0.4, -0.2) is 77.5 Å². The van der Waals surface area contributed by atoms with Crippen LogP contribution < -0.4 is 10.6 Å². The smallest absolute Gasteiger partial charge is 0.243 e. The average Bonchev–Trinajstić information content (AvgIpc) is 2.83. The maximum atomic E-state index is 13.8. The molecule has 3 amide bonds. The molecule has 10 heteroatoms. The second-order valence-electron chi connectivity index (χ2n) is 9.20. The Balaban J connectivity index is 1.64. The maximum Gasteiger partial charge on any atom is 0.243 e. The molecule has 0 spiro atoms. The third-order valence-electron chi connectivity index (χ3n) is 6.27. The Labute approximate surface area is 215 Å². The number of aliphatic hydroxyl groups excluding tert-OH is 1. The van der Waals surface area contributed by atoms with Crippen molar-refractivity contribution in [3.63, 3.8) is 0 Å². The number of imide groups is 1. The molecule has 0 saturated carbocycles. The number of aliphatic hydroxyl groups is 1. The Morgan fingerprint density at radius 2 is 1.65 bits per heavy atom. The summed E-state index contributed by atoms with van der Waals surface area (Å²) in [4.78, 5) is 39.7. The van der Waals surface area contributed by atoms with E-state index in [4.69, 9.17) is 0 Å². The van der Waals surface area contributed by atoms with Crippen LogP contribution in [-0.2, 0) is 33.8 Å². The van der Waals surface area contributed by atoms with Crippen LogP contribution in [0.25, 0.3) is 0 Å². The number of halogens is 2. The molecule has 0 unspecified atom stereocenters. The molecule has 3 rings (SSSR count). The monoisotopic (exact) mass is 516 g/mol. The van der Waals surface area contributed by atoms with E-state index in [9.17, 15) is 28.3 Å². The normalized spacial score (nSPS) is 16.1. The van der Waals surface area contributed by atoms with Gasteiger partial charge in [-0.15, -0.1) is 0 Å². The van der Waals surface area contributed by atoms with Crippen molar-refractivity contribution in [1.82, 2.24) is 20.4 Å². The van der Waals surface area contributed by atoms with E-state index in [1.165, 1.54) is 10.5 Å². The summed E-state index contributed by atoms with van der Waals surface area (Å²) in [5.74, 6) is -2.78. The van der Waals surface area contributed by atoms with E-state index < -0.39 is 29.7 Å². The molecule has 1 saturated heterocycles. The zero-order chi connectivity index (χ0) is 26.9. The number of likely N-dealkylation sites (N-methyl/N-ethyl adjacent to an activating group) is 1. The number of piperazine rings is 1. The van der Waals surface area contributed by atoms with Gasteiger partial charge in [0.25, 0.3) is 0 Å². The largest absolute Gasteiger partial charge is 0.390 e. The number of nitrogens with zero attached hydrogens (tertiary/aromatic N) is 2. The quantitative estimate of drug-likeness (QED) is 0.369. The van der Waals surface area contributed by atoms with E-state index in [0.717, 1.165) is 35.1 Å². The predicted octanol–water partition coefficient (Wildman–Crippen LogP) is 1.40. The first-order valence-electron chi connectivity index (χ1n) is 12.4. The molecule has 2 aromatic rings. The van der Waals surface area contributed by atoms with Gasteiger partial charge in [0.05, 0.1) is 31.8 Å². The van der Waals surface area contributed by atoms with Gasteiger partial charge in [-0.25, -0.2) is 8.78 Å². The molecule has 1 fully saturated rings. The molecule has 1 aliphatic heterocycles. The second kappa shape index (κ2) is 13.4. The van der Waals surface area contributed by atoms with Crippen molar-refractivity contribution in [2.45, 2.75) is 45.4 Å². The van der Waals surface area contributed by atoms with E-state index in [1.54, 1.807) is 6.92 Å². The molecule has 2 aromatic carbocycles. The summed E-state index contributed by atoms with van der Waals surface area (Å²) in [5, 5.41) is 16.8. The Kier molecular flexibility index (Phi) is 10.2. The topological polar surface area (TPSA) is 102 Å². The van der Waals surface area contributed by atoms with E-state index >= 15 is 0 Å². The zero-order valence-electron chi connectivity index (χ0n) is 21.2. The van der Waals surface area contributed by atoms with Crippen molar-refractivity contribution in [3.05, 3.63) is 70.8 Å². The van der Waals surface area contributed by atoms with Gasteiger partial charge in [-0.3, -0.25) is 24.2 Å². The Bertz CT molecular complexity index is 1080. The number of carbonyl (C=O) groups excluding carboxylic acids is 3. The predicted molar refractivity (Wildman–Crippen MR) is 134 cm³/mol. The summed E-state index contributed by atoms with van der Waals surface area (Å²) in [7, 11) is 0. The Morgan fingerprint density at radius 1 is 1.00 bits per heavy atom. The standard InChI is InChI=1S/C27H34F2N4O4/c1-3-18-6-5-7-19(8-18)13-30-14-24(34)23(11-20-9-21(28)12-22(29)10-20)31-25(35)15-32-16-26(36)33(4-2)27(37)17-32/h5-10,12,23-24,30,34H,3-4,11,13-17H2,1-2H3,(H,31,35)/t23-,24+/m0/s1. The number of hydrogen-bond acceptors (Lipinski definition) is 6. The minimum atomic E-state index is -1.08. The van der Waals surface area contributed by atoms with Gasteiger partial charge in [0.15, 0.2) is 0 Å². The zero-order valence-corrected chi connectivity index (χ0v) is 21.2. The van der Waals surface area contributed by atoms with Crippen LogP contribution in [0.1, 0.15) is 30.5 Å². The van der Waals surface area contributed by atoms with Gasteiger partial charge >= 0.3 is 0 Å². The van der Waals surface area contributed by atoms with Crippen LogP contribution in [0.4, 0.5) is 8.78 Å². The first-order valence-corrected chi connectivity index (χ1v) is 12.4. The molecule has 0 bridgehead atoms. The minimum Gasteiger partial charge on any atom is -0.390 e. The fraction of sp³-hybridized carbons (Fsp3) is 0.444. The molecule has 0 aliphatic carbocycles. The molecule has 0 radical (unpaired) electrons. The summed E-state index contributed by atoms with van der Waals surface area (Å²) in [6.07, 6.45) is -0.194. The average molecular weight is 517 g/mol. The van der Waals surface area contributed by atoms with Crippen LogP contribution >= 0.6 is 0 Å². The maximum absolute atomic E-state index is 13.8. The fourth-order valence-corrected chi connectivity index (χ4v) is 4.40. The summed E-state index contributed by atoms with van der Waals surface area (Å²) >= 11 is 0. The SMILES string of the molecule is CCc1cccc(CNC[C@@H](O)[C@H](Cc2cc(F)cc(F)c2)NC(=O)CN2CC(=O)N(CC)C(=O)C2)c1. The number of nitrogens with one attached hydrogen (secondary N) is 2. The lowest BCUT2D eigenvalue weighted by Gasteiger charge is -2.32. The lowest BCUT2D eigenvalue weighted by molar-refractivity contribution is -0.151. The highest BCUT2D eigenvalue weighted by atomic mass is 19.1. The van der Waals surface area contributed by atoms with Crippen LogP contribution in [0, 0.1) is 11.6 Å².